The molecule has 6 nitrogen and oxygen atoms in total. The van der Waals surface area contributed by atoms with Crippen LogP contribution in [0.2, 0.25) is 0 Å². The van der Waals surface area contributed by atoms with Crippen LogP contribution in [0.1, 0.15) is 36.4 Å². The first-order valence-corrected chi connectivity index (χ1v) is 10.2. The number of hydrogen-bond acceptors (Lipinski definition) is 2. The number of fused-ring (bicyclic) bond motifs is 1. The third-order valence-electron chi connectivity index (χ3n) is 5.28. The lowest BCUT2D eigenvalue weighted by atomic mass is 10.1. The third-order valence-corrected chi connectivity index (χ3v) is 5.28. The molecule has 30 heavy (non-hydrogen) atoms. The summed E-state index contributed by atoms with van der Waals surface area (Å²) in [5.41, 5.74) is 5.54. The van der Waals surface area contributed by atoms with Gasteiger partial charge in [0.15, 0.2) is 5.96 Å². The Hall–Kier alpha value is -2.10. The molecular weight excluding hydrogens is 494 g/mol. The Balaban J connectivity index is 0.00000320. The maximum absolute atomic E-state index is 13.4. The van der Waals surface area contributed by atoms with Crippen LogP contribution in [0.15, 0.2) is 29.4 Å². The zero-order valence-electron chi connectivity index (χ0n) is 18.3. The molecule has 164 valence electrons. The van der Waals surface area contributed by atoms with E-state index in [1.165, 1.54) is 23.4 Å². The van der Waals surface area contributed by atoms with Crippen molar-refractivity contribution in [2.24, 2.45) is 12.0 Å². The van der Waals surface area contributed by atoms with Crippen LogP contribution in [-0.4, -0.2) is 39.9 Å². The van der Waals surface area contributed by atoms with E-state index in [1.807, 2.05) is 24.0 Å². The molecule has 2 aromatic heterocycles. The van der Waals surface area contributed by atoms with E-state index < -0.39 is 0 Å². The molecule has 3 rings (SSSR count). The lowest BCUT2D eigenvalue weighted by Crippen LogP contribution is -2.43. The number of H-pyrrole nitrogens is 1. The van der Waals surface area contributed by atoms with E-state index in [-0.39, 0.29) is 35.8 Å². The summed E-state index contributed by atoms with van der Waals surface area (Å²) in [6.45, 7) is 9.83. The molecule has 2 heterocycles. The third kappa shape index (κ3) is 5.74. The molecule has 0 amide bonds. The normalized spacial score (nSPS) is 12.7. The van der Waals surface area contributed by atoms with Crippen LogP contribution in [0.5, 0.6) is 0 Å². The van der Waals surface area contributed by atoms with Gasteiger partial charge < -0.3 is 15.6 Å². The van der Waals surface area contributed by atoms with E-state index in [2.05, 4.69) is 48.4 Å². The van der Waals surface area contributed by atoms with E-state index in [4.69, 9.17) is 4.99 Å². The highest BCUT2D eigenvalue weighted by Gasteiger charge is 2.14. The number of aliphatic imine (C=N–C) groups is 1. The second kappa shape index (κ2) is 10.8. The Morgan fingerprint density at radius 3 is 2.77 bits per heavy atom. The van der Waals surface area contributed by atoms with E-state index in [1.54, 1.807) is 0 Å². The molecule has 0 aliphatic heterocycles. The average molecular weight is 526 g/mol. The molecule has 3 N–H and O–H groups in total. The molecule has 0 bridgehead atoms. The van der Waals surface area contributed by atoms with E-state index in [9.17, 15) is 4.39 Å². The maximum Gasteiger partial charge on any atom is 0.191 e. The molecule has 0 saturated heterocycles. The monoisotopic (exact) mass is 526 g/mol. The number of halogens is 2. The molecule has 3 aromatic rings. The fraction of sp³-hybridized carbons (Fsp3) is 0.455. The van der Waals surface area contributed by atoms with Gasteiger partial charge in [-0.2, -0.15) is 5.10 Å². The minimum atomic E-state index is -0.226. The van der Waals surface area contributed by atoms with Crippen LogP contribution in [0, 0.1) is 19.7 Å². The first-order valence-electron chi connectivity index (χ1n) is 10.2. The van der Waals surface area contributed by atoms with Gasteiger partial charge in [-0.3, -0.25) is 9.67 Å². The van der Waals surface area contributed by atoms with Crippen LogP contribution in [0.4, 0.5) is 4.39 Å². The molecule has 0 aliphatic rings. The summed E-state index contributed by atoms with van der Waals surface area (Å²) in [7, 11) is 1.98. The Morgan fingerprint density at radius 2 is 2.10 bits per heavy atom. The number of aromatic amines is 1. The lowest BCUT2D eigenvalue weighted by Gasteiger charge is -2.18. The number of guanidine groups is 1. The number of rotatable bonds is 7. The van der Waals surface area contributed by atoms with E-state index in [0.717, 1.165) is 47.5 Å². The zero-order chi connectivity index (χ0) is 21.0. The maximum atomic E-state index is 13.4. The lowest BCUT2D eigenvalue weighted by molar-refractivity contribution is 0.629. The van der Waals surface area contributed by atoms with Crippen molar-refractivity contribution in [1.82, 2.24) is 25.4 Å². The van der Waals surface area contributed by atoms with Crippen LogP contribution in [0.3, 0.4) is 0 Å². The van der Waals surface area contributed by atoms with Crippen molar-refractivity contribution in [2.75, 3.05) is 13.1 Å². The van der Waals surface area contributed by atoms with Crippen molar-refractivity contribution in [2.45, 2.75) is 46.6 Å². The van der Waals surface area contributed by atoms with Gasteiger partial charge in [0.1, 0.15) is 5.82 Å². The number of benzene rings is 1. The topological polar surface area (TPSA) is 70.0 Å². The number of nitrogens with zero attached hydrogens (tertiary/aromatic N) is 3. The molecule has 8 heteroatoms. The molecular formula is C22H32FIN6. The molecule has 1 aromatic carbocycles. The average Bonchev–Trinajstić information content (AvgIpc) is 3.17. The fourth-order valence-corrected chi connectivity index (χ4v) is 3.68. The minimum absolute atomic E-state index is 0. The van der Waals surface area contributed by atoms with Gasteiger partial charge in [0.2, 0.25) is 0 Å². The van der Waals surface area contributed by atoms with Crippen molar-refractivity contribution in [1.29, 1.82) is 0 Å². The van der Waals surface area contributed by atoms with Gasteiger partial charge in [0, 0.05) is 49.0 Å². The molecule has 1 atom stereocenters. The van der Waals surface area contributed by atoms with Gasteiger partial charge in [-0.25, -0.2) is 4.39 Å². The summed E-state index contributed by atoms with van der Waals surface area (Å²) < 4.78 is 15.3. The molecule has 0 fully saturated rings. The summed E-state index contributed by atoms with van der Waals surface area (Å²) in [5, 5.41) is 12.4. The van der Waals surface area contributed by atoms with E-state index >= 15 is 0 Å². The van der Waals surface area contributed by atoms with E-state index in [0.29, 0.717) is 6.54 Å². The number of aromatic nitrogens is 3. The molecule has 0 spiro atoms. The number of nitrogens with one attached hydrogen (secondary N) is 3. The highest BCUT2D eigenvalue weighted by Crippen LogP contribution is 2.19. The smallest absolute Gasteiger partial charge is 0.191 e. The summed E-state index contributed by atoms with van der Waals surface area (Å²) in [6, 6.07) is 5.08. The highest BCUT2D eigenvalue weighted by molar-refractivity contribution is 14.0. The predicted octanol–water partition coefficient (Wildman–Crippen LogP) is 4.00. The Bertz CT molecular complexity index is 1010. The SMILES string of the molecule is CCNC(=NCCc1c[nH]c2cc(F)ccc12)NC(C)Cc1c(C)nn(C)c1C.I. The zero-order valence-corrected chi connectivity index (χ0v) is 20.7. The van der Waals surface area contributed by atoms with Gasteiger partial charge in [-0.1, -0.05) is 0 Å². The van der Waals surface area contributed by atoms with Crippen molar-refractivity contribution < 1.29 is 4.39 Å². The summed E-state index contributed by atoms with van der Waals surface area (Å²) in [6.07, 6.45) is 3.62. The second-order valence-corrected chi connectivity index (χ2v) is 7.54. The van der Waals surface area contributed by atoms with Gasteiger partial charge in [-0.05, 0) is 69.9 Å². The first-order chi connectivity index (χ1) is 13.9. The summed E-state index contributed by atoms with van der Waals surface area (Å²) in [5.74, 6) is 0.584. The van der Waals surface area contributed by atoms with Gasteiger partial charge in [-0.15, -0.1) is 24.0 Å². The molecule has 0 aliphatic carbocycles. The van der Waals surface area contributed by atoms with Gasteiger partial charge >= 0.3 is 0 Å². The van der Waals surface area contributed by atoms with Crippen molar-refractivity contribution in [3.63, 3.8) is 0 Å². The predicted molar refractivity (Wildman–Crippen MR) is 132 cm³/mol. The van der Waals surface area contributed by atoms with Crippen molar-refractivity contribution >= 4 is 40.8 Å². The molecule has 0 saturated carbocycles. The van der Waals surface area contributed by atoms with Crippen LogP contribution < -0.4 is 10.6 Å². The Kier molecular flexibility index (Phi) is 8.69. The summed E-state index contributed by atoms with van der Waals surface area (Å²) >= 11 is 0. The minimum Gasteiger partial charge on any atom is -0.361 e. The Morgan fingerprint density at radius 1 is 1.33 bits per heavy atom. The standard InChI is InChI=1S/C22H31FN6.HI/c1-6-24-22(27-14(2)11-20-15(3)28-29(5)16(20)4)25-10-9-17-13-26-21-12-18(23)7-8-19(17)21;/h7-8,12-14,26H,6,9-11H2,1-5H3,(H2,24,25,27);1H. The quantitative estimate of drug-likeness (QED) is 0.248. The second-order valence-electron chi connectivity index (χ2n) is 7.54. The van der Waals surface area contributed by atoms with Crippen molar-refractivity contribution in [3.8, 4) is 0 Å². The highest BCUT2D eigenvalue weighted by atomic mass is 127. The van der Waals surface area contributed by atoms with Crippen LogP contribution >= 0.6 is 24.0 Å². The Labute approximate surface area is 194 Å². The van der Waals surface area contributed by atoms with Gasteiger partial charge in [0.05, 0.1) is 5.69 Å². The fourth-order valence-electron chi connectivity index (χ4n) is 3.68. The first kappa shape index (κ1) is 24.2. The summed E-state index contributed by atoms with van der Waals surface area (Å²) in [4.78, 5) is 7.87. The molecule has 1 unspecified atom stereocenters. The van der Waals surface area contributed by atoms with Gasteiger partial charge in [0.25, 0.3) is 0 Å². The van der Waals surface area contributed by atoms with Crippen LogP contribution in [-0.2, 0) is 19.9 Å². The number of hydrogen-bond donors (Lipinski definition) is 3. The largest absolute Gasteiger partial charge is 0.361 e. The van der Waals surface area contributed by atoms with Crippen molar-refractivity contribution in [3.05, 3.63) is 52.7 Å². The molecule has 0 radical (unpaired) electrons. The van der Waals surface area contributed by atoms with Crippen LogP contribution in [0.25, 0.3) is 10.9 Å². The number of aryl methyl sites for hydroxylation is 2.